The zero-order chi connectivity index (χ0) is 11.0. The van der Waals surface area contributed by atoms with E-state index in [1.807, 2.05) is 7.05 Å². The first-order chi connectivity index (χ1) is 6.57. The van der Waals surface area contributed by atoms with Gasteiger partial charge >= 0.3 is 0 Å². The Balaban J connectivity index is 3.44. The van der Waals surface area contributed by atoms with E-state index < -0.39 is 0 Å². The molecular formula is C11H24N2O. The van der Waals surface area contributed by atoms with Crippen LogP contribution in [0.15, 0.2) is 0 Å². The first-order valence-electron chi connectivity index (χ1n) is 5.49. The summed E-state index contributed by atoms with van der Waals surface area (Å²) in [6, 6.07) is 0. The lowest BCUT2D eigenvalue weighted by molar-refractivity contribution is -0.121. The zero-order valence-electron chi connectivity index (χ0n) is 9.89. The molecule has 0 aromatic rings. The highest BCUT2D eigenvalue weighted by atomic mass is 16.1. The highest BCUT2D eigenvalue weighted by Crippen LogP contribution is 2.07. The molecule has 2 N–H and O–H groups in total. The molecule has 0 aliphatic heterocycles. The molecule has 0 aromatic carbocycles. The largest absolute Gasteiger partial charge is 0.356 e. The smallest absolute Gasteiger partial charge is 0.220 e. The Morgan fingerprint density at radius 2 is 1.93 bits per heavy atom. The minimum absolute atomic E-state index is 0.174. The Morgan fingerprint density at radius 3 is 2.43 bits per heavy atom. The maximum atomic E-state index is 11.3. The number of carbonyl (C=O) groups excluding carboxylic acids is 1. The van der Waals surface area contributed by atoms with E-state index in [-0.39, 0.29) is 5.91 Å². The van der Waals surface area contributed by atoms with Crippen molar-refractivity contribution in [1.82, 2.24) is 10.6 Å². The van der Waals surface area contributed by atoms with Gasteiger partial charge in [-0.05, 0) is 31.8 Å². The molecule has 0 aromatic heterocycles. The number of amides is 1. The van der Waals surface area contributed by atoms with Crippen LogP contribution in [0.3, 0.4) is 0 Å². The highest BCUT2D eigenvalue weighted by molar-refractivity contribution is 5.75. The van der Waals surface area contributed by atoms with Crippen LogP contribution in [0, 0.1) is 11.8 Å². The van der Waals surface area contributed by atoms with Gasteiger partial charge in [0.05, 0.1) is 0 Å². The van der Waals surface area contributed by atoms with Gasteiger partial charge in [-0.1, -0.05) is 20.8 Å². The van der Waals surface area contributed by atoms with E-state index in [4.69, 9.17) is 0 Å². The van der Waals surface area contributed by atoms with Crippen molar-refractivity contribution in [3.63, 3.8) is 0 Å². The van der Waals surface area contributed by atoms with Gasteiger partial charge in [0, 0.05) is 13.0 Å². The van der Waals surface area contributed by atoms with Gasteiger partial charge in [-0.2, -0.15) is 0 Å². The lowest BCUT2D eigenvalue weighted by Gasteiger charge is -2.15. The van der Waals surface area contributed by atoms with E-state index in [9.17, 15) is 4.79 Å². The predicted molar refractivity (Wildman–Crippen MR) is 60.2 cm³/mol. The summed E-state index contributed by atoms with van der Waals surface area (Å²) < 4.78 is 0. The number of nitrogens with one attached hydrogen (secondary N) is 2. The summed E-state index contributed by atoms with van der Waals surface area (Å²) in [5, 5.41) is 5.98. The monoisotopic (exact) mass is 200 g/mol. The molecule has 0 saturated carbocycles. The minimum Gasteiger partial charge on any atom is -0.356 e. The van der Waals surface area contributed by atoms with E-state index in [1.165, 1.54) is 0 Å². The molecule has 0 aliphatic rings. The Kier molecular flexibility index (Phi) is 7.48. The van der Waals surface area contributed by atoms with E-state index in [0.29, 0.717) is 18.3 Å². The average Bonchev–Trinajstić information content (AvgIpc) is 2.14. The van der Waals surface area contributed by atoms with E-state index in [2.05, 4.69) is 31.4 Å². The molecule has 0 rings (SSSR count). The molecule has 0 heterocycles. The van der Waals surface area contributed by atoms with Crippen molar-refractivity contribution in [3.8, 4) is 0 Å². The van der Waals surface area contributed by atoms with Crippen LogP contribution in [0.25, 0.3) is 0 Å². The molecule has 3 heteroatoms. The molecule has 0 aliphatic carbocycles. The van der Waals surface area contributed by atoms with Crippen molar-refractivity contribution in [3.05, 3.63) is 0 Å². The van der Waals surface area contributed by atoms with Crippen LogP contribution >= 0.6 is 0 Å². The second-order valence-electron chi connectivity index (χ2n) is 4.23. The molecule has 0 saturated heterocycles. The van der Waals surface area contributed by atoms with Crippen molar-refractivity contribution < 1.29 is 4.79 Å². The first kappa shape index (κ1) is 13.4. The van der Waals surface area contributed by atoms with Crippen molar-refractivity contribution in [1.29, 1.82) is 0 Å². The maximum absolute atomic E-state index is 11.3. The molecule has 0 fully saturated rings. The molecule has 0 radical (unpaired) electrons. The molecule has 0 bridgehead atoms. The molecular weight excluding hydrogens is 176 g/mol. The molecule has 1 unspecified atom stereocenters. The third-order valence-corrected chi connectivity index (χ3v) is 2.59. The molecule has 14 heavy (non-hydrogen) atoms. The van der Waals surface area contributed by atoms with Crippen molar-refractivity contribution >= 4 is 5.91 Å². The lowest BCUT2D eigenvalue weighted by atomic mass is 9.98. The number of hydrogen-bond donors (Lipinski definition) is 2. The molecule has 1 atom stereocenters. The Morgan fingerprint density at radius 1 is 1.29 bits per heavy atom. The van der Waals surface area contributed by atoms with Crippen LogP contribution in [-0.2, 0) is 4.79 Å². The number of carbonyl (C=O) groups is 1. The van der Waals surface area contributed by atoms with Gasteiger partial charge in [-0.3, -0.25) is 4.79 Å². The van der Waals surface area contributed by atoms with Gasteiger partial charge in [0.15, 0.2) is 0 Å². The molecule has 84 valence electrons. The van der Waals surface area contributed by atoms with Gasteiger partial charge in [0.2, 0.25) is 5.91 Å². The van der Waals surface area contributed by atoms with Crippen molar-refractivity contribution in [2.75, 3.05) is 20.1 Å². The van der Waals surface area contributed by atoms with Crippen LogP contribution in [-0.4, -0.2) is 26.0 Å². The minimum atomic E-state index is 0.174. The first-order valence-corrected chi connectivity index (χ1v) is 5.49. The van der Waals surface area contributed by atoms with E-state index in [1.54, 1.807) is 0 Å². The van der Waals surface area contributed by atoms with Crippen LogP contribution in [0.5, 0.6) is 0 Å². The van der Waals surface area contributed by atoms with Gasteiger partial charge in [-0.25, -0.2) is 0 Å². The summed E-state index contributed by atoms with van der Waals surface area (Å²) in [5.41, 5.74) is 0. The summed E-state index contributed by atoms with van der Waals surface area (Å²) in [7, 11) is 1.90. The molecule has 3 nitrogen and oxygen atoms in total. The van der Waals surface area contributed by atoms with E-state index in [0.717, 1.165) is 19.5 Å². The standard InChI is InChI=1S/C11H24N2O/c1-9(2)10(3)8-13-11(14)6-5-7-12-4/h9-10,12H,5-8H2,1-4H3,(H,13,14). The third kappa shape index (κ3) is 6.89. The summed E-state index contributed by atoms with van der Waals surface area (Å²) in [4.78, 5) is 11.3. The number of hydrogen-bond acceptors (Lipinski definition) is 2. The fourth-order valence-corrected chi connectivity index (χ4v) is 1.02. The Labute approximate surface area is 87.6 Å². The summed E-state index contributed by atoms with van der Waals surface area (Å²) in [6.45, 7) is 8.23. The van der Waals surface area contributed by atoms with Gasteiger partial charge < -0.3 is 10.6 Å². The third-order valence-electron chi connectivity index (χ3n) is 2.59. The summed E-state index contributed by atoms with van der Waals surface area (Å²) in [6.07, 6.45) is 1.55. The quantitative estimate of drug-likeness (QED) is 0.610. The average molecular weight is 200 g/mol. The fourth-order valence-electron chi connectivity index (χ4n) is 1.02. The fraction of sp³-hybridized carbons (Fsp3) is 0.909. The maximum Gasteiger partial charge on any atom is 0.220 e. The Bertz CT molecular complexity index is 157. The van der Waals surface area contributed by atoms with E-state index >= 15 is 0 Å². The highest BCUT2D eigenvalue weighted by Gasteiger charge is 2.08. The number of rotatable bonds is 7. The topological polar surface area (TPSA) is 41.1 Å². The van der Waals surface area contributed by atoms with Crippen molar-refractivity contribution in [2.24, 2.45) is 11.8 Å². The van der Waals surface area contributed by atoms with Crippen LogP contribution in [0.2, 0.25) is 0 Å². The predicted octanol–water partition coefficient (Wildman–Crippen LogP) is 1.39. The lowest BCUT2D eigenvalue weighted by Crippen LogP contribution is -2.30. The Hall–Kier alpha value is -0.570. The molecule has 1 amide bonds. The normalized spacial score (nSPS) is 12.9. The summed E-state index contributed by atoms with van der Waals surface area (Å²) >= 11 is 0. The SMILES string of the molecule is CNCCCC(=O)NCC(C)C(C)C. The van der Waals surface area contributed by atoms with Gasteiger partial charge in [0.1, 0.15) is 0 Å². The second kappa shape index (κ2) is 7.80. The van der Waals surface area contributed by atoms with Gasteiger partial charge in [-0.15, -0.1) is 0 Å². The zero-order valence-corrected chi connectivity index (χ0v) is 9.89. The van der Waals surface area contributed by atoms with Crippen LogP contribution in [0.1, 0.15) is 33.6 Å². The van der Waals surface area contributed by atoms with Gasteiger partial charge in [0.25, 0.3) is 0 Å². The van der Waals surface area contributed by atoms with Crippen molar-refractivity contribution in [2.45, 2.75) is 33.6 Å². The molecule has 0 spiro atoms. The second-order valence-corrected chi connectivity index (χ2v) is 4.23. The van der Waals surface area contributed by atoms with Crippen LogP contribution < -0.4 is 10.6 Å². The van der Waals surface area contributed by atoms with Crippen LogP contribution in [0.4, 0.5) is 0 Å². The summed E-state index contributed by atoms with van der Waals surface area (Å²) in [5.74, 6) is 1.36.